The number of benzene rings is 2. The van der Waals surface area contributed by atoms with Gasteiger partial charge < -0.3 is 10.6 Å². The van der Waals surface area contributed by atoms with Gasteiger partial charge in [0.05, 0.1) is 0 Å². The van der Waals surface area contributed by atoms with Crippen LogP contribution in [0.15, 0.2) is 54.6 Å². The molecule has 1 amide bonds. The molecule has 2 unspecified atom stereocenters. The van der Waals surface area contributed by atoms with E-state index in [4.69, 9.17) is 5.73 Å². The van der Waals surface area contributed by atoms with Gasteiger partial charge >= 0.3 is 0 Å². The van der Waals surface area contributed by atoms with Crippen LogP contribution in [0.4, 0.5) is 4.39 Å². The summed E-state index contributed by atoms with van der Waals surface area (Å²) in [6, 6.07) is 16.5. The van der Waals surface area contributed by atoms with Crippen molar-refractivity contribution < 1.29 is 9.18 Å². The predicted molar refractivity (Wildman–Crippen MR) is 100 cm³/mol. The first kappa shape index (κ1) is 19.4. The zero-order chi connectivity index (χ0) is 16.9. The van der Waals surface area contributed by atoms with Crippen molar-refractivity contribution in [2.75, 3.05) is 13.1 Å². The van der Waals surface area contributed by atoms with Crippen LogP contribution >= 0.6 is 12.4 Å². The molecule has 1 aliphatic rings. The first-order valence-electron chi connectivity index (χ1n) is 8.47. The van der Waals surface area contributed by atoms with Gasteiger partial charge in [-0.15, -0.1) is 12.4 Å². The minimum absolute atomic E-state index is 0. The third-order valence-electron chi connectivity index (χ3n) is 4.57. The monoisotopic (exact) mass is 362 g/mol. The van der Waals surface area contributed by atoms with Crippen LogP contribution in [0.3, 0.4) is 0 Å². The molecule has 0 aromatic heterocycles. The highest BCUT2D eigenvalue weighted by Crippen LogP contribution is 2.48. The van der Waals surface area contributed by atoms with E-state index < -0.39 is 0 Å². The van der Waals surface area contributed by atoms with Gasteiger partial charge in [-0.2, -0.15) is 0 Å². The summed E-state index contributed by atoms with van der Waals surface area (Å²) >= 11 is 0. The van der Waals surface area contributed by atoms with E-state index in [1.807, 2.05) is 35.2 Å². The Balaban J connectivity index is 0.00000225. The van der Waals surface area contributed by atoms with Crippen LogP contribution in [0, 0.1) is 11.7 Å². The number of carbonyl (C=O) groups is 1. The number of carbonyl (C=O) groups excluding carboxylic acids is 1. The Kier molecular flexibility index (Phi) is 6.97. The first-order chi connectivity index (χ1) is 11.7. The molecule has 0 heterocycles. The summed E-state index contributed by atoms with van der Waals surface area (Å²) in [7, 11) is 0. The van der Waals surface area contributed by atoms with E-state index in [0.29, 0.717) is 19.6 Å². The van der Waals surface area contributed by atoms with E-state index in [0.717, 1.165) is 24.0 Å². The second-order valence-electron chi connectivity index (χ2n) is 6.39. The summed E-state index contributed by atoms with van der Waals surface area (Å²) < 4.78 is 13.0. The van der Waals surface area contributed by atoms with Gasteiger partial charge in [0, 0.05) is 19.0 Å². The summed E-state index contributed by atoms with van der Waals surface area (Å²) in [4.78, 5) is 14.8. The molecule has 1 aliphatic carbocycles. The Morgan fingerprint density at radius 2 is 1.80 bits per heavy atom. The molecule has 2 aromatic rings. The van der Waals surface area contributed by atoms with Gasteiger partial charge in [-0.25, -0.2) is 4.39 Å². The van der Waals surface area contributed by atoms with Crippen LogP contribution in [-0.2, 0) is 11.3 Å². The second-order valence-corrected chi connectivity index (χ2v) is 6.39. The van der Waals surface area contributed by atoms with E-state index in [-0.39, 0.29) is 36.0 Å². The van der Waals surface area contributed by atoms with Gasteiger partial charge in [-0.1, -0.05) is 42.5 Å². The number of hydrogen-bond donors (Lipinski definition) is 1. The molecule has 0 bridgehead atoms. The molecule has 1 fully saturated rings. The maximum atomic E-state index is 13.0. The van der Waals surface area contributed by atoms with E-state index in [9.17, 15) is 9.18 Å². The number of nitrogens with zero attached hydrogens (tertiary/aromatic N) is 1. The number of amides is 1. The molecule has 2 atom stereocenters. The van der Waals surface area contributed by atoms with Crippen LogP contribution in [0.5, 0.6) is 0 Å². The fraction of sp³-hybridized carbons (Fsp3) is 0.350. The highest BCUT2D eigenvalue weighted by atomic mass is 35.5. The fourth-order valence-corrected chi connectivity index (χ4v) is 3.13. The standard InChI is InChI=1S/C20H23FN2O.ClH/c21-17-9-7-16(8-10-17)18-13-19(18)20(24)23(12-4-11-22)14-15-5-2-1-3-6-15;/h1-3,5-10,18-19H,4,11-14,22H2;1H. The maximum absolute atomic E-state index is 13.0. The zero-order valence-corrected chi connectivity index (χ0v) is 14.9. The number of hydrogen-bond acceptors (Lipinski definition) is 2. The summed E-state index contributed by atoms with van der Waals surface area (Å²) in [5, 5.41) is 0. The maximum Gasteiger partial charge on any atom is 0.226 e. The van der Waals surface area contributed by atoms with Crippen molar-refractivity contribution in [1.82, 2.24) is 4.90 Å². The van der Waals surface area contributed by atoms with Crippen LogP contribution in [0.2, 0.25) is 0 Å². The molecule has 1 saturated carbocycles. The molecule has 25 heavy (non-hydrogen) atoms. The highest BCUT2D eigenvalue weighted by Gasteiger charge is 2.45. The zero-order valence-electron chi connectivity index (χ0n) is 14.1. The van der Waals surface area contributed by atoms with Crippen LogP contribution < -0.4 is 5.73 Å². The quantitative estimate of drug-likeness (QED) is 0.815. The summed E-state index contributed by atoms with van der Waals surface area (Å²) in [6.45, 7) is 1.87. The van der Waals surface area contributed by atoms with Crippen LogP contribution in [-0.4, -0.2) is 23.9 Å². The van der Waals surface area contributed by atoms with E-state index in [2.05, 4.69) is 0 Å². The molecule has 2 aromatic carbocycles. The summed E-state index contributed by atoms with van der Waals surface area (Å²) in [5.74, 6) is 0.170. The topological polar surface area (TPSA) is 46.3 Å². The van der Waals surface area contributed by atoms with E-state index in [1.165, 1.54) is 12.1 Å². The Hall–Kier alpha value is -1.91. The highest BCUT2D eigenvalue weighted by molar-refractivity contribution is 5.85. The minimum Gasteiger partial charge on any atom is -0.338 e. The van der Waals surface area contributed by atoms with Gasteiger partial charge in [0.2, 0.25) is 5.91 Å². The van der Waals surface area contributed by atoms with Crippen molar-refractivity contribution in [3.8, 4) is 0 Å². The molecule has 2 N–H and O–H groups in total. The van der Waals surface area contributed by atoms with Crippen molar-refractivity contribution >= 4 is 18.3 Å². The van der Waals surface area contributed by atoms with Crippen LogP contribution in [0.25, 0.3) is 0 Å². The van der Waals surface area contributed by atoms with Gasteiger partial charge in [0.25, 0.3) is 0 Å². The lowest BCUT2D eigenvalue weighted by Crippen LogP contribution is -2.34. The van der Waals surface area contributed by atoms with Gasteiger partial charge in [-0.3, -0.25) is 4.79 Å². The summed E-state index contributed by atoms with van der Waals surface area (Å²) in [5.41, 5.74) is 7.80. The molecular weight excluding hydrogens is 339 g/mol. The smallest absolute Gasteiger partial charge is 0.226 e. The second kappa shape index (κ2) is 8.97. The lowest BCUT2D eigenvalue weighted by Gasteiger charge is -2.23. The molecule has 3 nitrogen and oxygen atoms in total. The third-order valence-corrected chi connectivity index (χ3v) is 4.57. The predicted octanol–water partition coefficient (Wildman–Crippen LogP) is 3.73. The van der Waals surface area contributed by atoms with Gasteiger partial charge in [0.1, 0.15) is 5.82 Å². The van der Waals surface area contributed by atoms with Gasteiger partial charge in [0.15, 0.2) is 0 Å². The van der Waals surface area contributed by atoms with Crippen LogP contribution in [0.1, 0.15) is 29.9 Å². The average Bonchev–Trinajstić information content (AvgIpc) is 3.40. The molecule has 0 aliphatic heterocycles. The number of rotatable bonds is 7. The molecule has 134 valence electrons. The molecular formula is C20H24ClFN2O. The largest absolute Gasteiger partial charge is 0.338 e. The number of nitrogens with two attached hydrogens (primary N) is 1. The summed E-state index contributed by atoms with van der Waals surface area (Å²) in [6.07, 6.45) is 1.64. The van der Waals surface area contributed by atoms with E-state index in [1.54, 1.807) is 12.1 Å². The minimum atomic E-state index is -0.240. The lowest BCUT2D eigenvalue weighted by molar-refractivity contribution is -0.133. The lowest BCUT2D eigenvalue weighted by atomic mass is 10.1. The number of halogens is 2. The first-order valence-corrected chi connectivity index (χ1v) is 8.47. The van der Waals surface area contributed by atoms with Crippen molar-refractivity contribution in [3.63, 3.8) is 0 Å². The van der Waals surface area contributed by atoms with Crippen molar-refractivity contribution in [2.45, 2.75) is 25.3 Å². The van der Waals surface area contributed by atoms with Gasteiger partial charge in [-0.05, 0) is 48.6 Å². The molecule has 0 spiro atoms. The molecule has 0 radical (unpaired) electrons. The van der Waals surface area contributed by atoms with Crippen molar-refractivity contribution in [3.05, 3.63) is 71.5 Å². The van der Waals surface area contributed by atoms with Crippen molar-refractivity contribution in [1.29, 1.82) is 0 Å². The average molecular weight is 363 g/mol. The fourth-order valence-electron chi connectivity index (χ4n) is 3.13. The molecule has 5 heteroatoms. The third kappa shape index (κ3) is 5.03. The Bertz CT molecular complexity index is 678. The Morgan fingerprint density at radius 3 is 2.44 bits per heavy atom. The van der Waals surface area contributed by atoms with E-state index >= 15 is 0 Å². The van der Waals surface area contributed by atoms with Crippen molar-refractivity contribution in [2.24, 2.45) is 11.7 Å². The molecule has 3 rings (SSSR count). The normalized spacial score (nSPS) is 18.3. The Labute approximate surface area is 154 Å². The molecule has 0 saturated heterocycles. The SMILES string of the molecule is Cl.NCCCN(Cc1ccccc1)C(=O)C1CC1c1ccc(F)cc1. The Morgan fingerprint density at radius 1 is 1.12 bits per heavy atom.